The van der Waals surface area contributed by atoms with Gasteiger partial charge < -0.3 is 4.42 Å². The topological polar surface area (TPSA) is 77.6 Å². The van der Waals surface area contributed by atoms with E-state index in [1.807, 2.05) is 36.4 Å². The van der Waals surface area contributed by atoms with Gasteiger partial charge in [-0.3, -0.25) is 0 Å². The molecule has 0 unspecified atom stereocenters. The third-order valence-corrected chi connectivity index (χ3v) is 13.6. The van der Waals surface area contributed by atoms with Gasteiger partial charge in [0.05, 0.1) is 10.2 Å². The Balaban J connectivity index is 1.11. The molecule has 6 nitrogen and oxygen atoms in total. The Kier molecular flexibility index (Phi) is 7.21. The monoisotopic (exact) mass is 781 g/mol. The van der Waals surface area contributed by atoms with Crippen molar-refractivity contribution < 1.29 is 4.42 Å². The SMILES string of the molecule is CC1(C)c2ccccc2-c2ccc(-c3nc(-c4cc(-c5nc6ccccc6o5)cc(-c5nc6ccccc6s5)c4)nc(-c4cccc5sc6ccccc6c45)n3)cc21. The van der Waals surface area contributed by atoms with Crippen LogP contribution in [0, 0.1) is 0 Å². The third kappa shape index (κ3) is 5.19. The van der Waals surface area contributed by atoms with Crippen molar-refractivity contribution in [3.8, 4) is 67.3 Å². The highest BCUT2D eigenvalue weighted by atomic mass is 32.1. The largest absolute Gasteiger partial charge is 0.436 e. The number of benzene rings is 7. The highest BCUT2D eigenvalue weighted by Crippen LogP contribution is 2.49. The summed E-state index contributed by atoms with van der Waals surface area (Å²) in [5, 5.41) is 3.23. The number of nitrogens with zero attached hydrogens (tertiary/aromatic N) is 5. The zero-order chi connectivity index (χ0) is 38.5. The molecule has 0 saturated carbocycles. The summed E-state index contributed by atoms with van der Waals surface area (Å²) in [5.41, 5.74) is 11.9. The molecule has 11 aromatic rings. The second-order valence-electron chi connectivity index (χ2n) is 15.3. The lowest BCUT2D eigenvalue weighted by Gasteiger charge is -2.21. The minimum atomic E-state index is -0.179. The molecule has 7 aromatic carbocycles. The molecule has 8 heteroatoms. The lowest BCUT2D eigenvalue weighted by molar-refractivity contribution is 0.620. The van der Waals surface area contributed by atoms with Crippen molar-refractivity contribution in [2.45, 2.75) is 19.3 Å². The van der Waals surface area contributed by atoms with E-state index in [1.54, 1.807) is 22.7 Å². The van der Waals surface area contributed by atoms with Gasteiger partial charge in [-0.15, -0.1) is 22.7 Å². The van der Waals surface area contributed by atoms with Crippen LogP contribution in [-0.2, 0) is 5.41 Å². The van der Waals surface area contributed by atoms with E-state index in [0.717, 1.165) is 59.5 Å². The summed E-state index contributed by atoms with van der Waals surface area (Å²) in [6, 6.07) is 52.8. The van der Waals surface area contributed by atoms with Crippen LogP contribution in [0.15, 0.2) is 156 Å². The second kappa shape index (κ2) is 12.6. The molecule has 0 radical (unpaired) electrons. The number of para-hydroxylation sites is 3. The maximum Gasteiger partial charge on any atom is 0.227 e. The zero-order valence-corrected chi connectivity index (χ0v) is 33.0. The van der Waals surface area contributed by atoms with Crippen molar-refractivity contribution >= 4 is 64.2 Å². The Labute approximate surface area is 341 Å². The quantitative estimate of drug-likeness (QED) is 0.173. The Morgan fingerprint density at radius 3 is 2.00 bits per heavy atom. The van der Waals surface area contributed by atoms with Gasteiger partial charge in [-0.2, -0.15) is 0 Å². The number of thiazole rings is 1. The molecule has 0 fully saturated rings. The van der Waals surface area contributed by atoms with Crippen LogP contribution in [-0.4, -0.2) is 24.9 Å². The lowest BCUT2D eigenvalue weighted by Crippen LogP contribution is -2.15. The predicted molar refractivity (Wildman–Crippen MR) is 238 cm³/mol. The Morgan fingerprint density at radius 2 is 1.12 bits per heavy atom. The molecule has 0 atom stereocenters. The van der Waals surface area contributed by atoms with Gasteiger partial charge in [0, 0.05) is 53.4 Å². The van der Waals surface area contributed by atoms with E-state index >= 15 is 0 Å². The summed E-state index contributed by atoms with van der Waals surface area (Å²) in [7, 11) is 0. The van der Waals surface area contributed by atoms with Crippen LogP contribution in [0.3, 0.4) is 0 Å². The van der Waals surface area contributed by atoms with Gasteiger partial charge in [-0.25, -0.2) is 24.9 Å². The van der Waals surface area contributed by atoms with Crippen molar-refractivity contribution in [1.29, 1.82) is 0 Å². The fourth-order valence-corrected chi connectivity index (χ4v) is 10.6. The number of aromatic nitrogens is 5. The molecule has 58 heavy (non-hydrogen) atoms. The van der Waals surface area contributed by atoms with Crippen molar-refractivity contribution in [2.75, 3.05) is 0 Å². The van der Waals surface area contributed by atoms with E-state index in [4.69, 9.17) is 29.3 Å². The minimum Gasteiger partial charge on any atom is -0.436 e. The van der Waals surface area contributed by atoms with Gasteiger partial charge in [-0.05, 0) is 82.9 Å². The molecule has 274 valence electrons. The average molecular weight is 782 g/mol. The van der Waals surface area contributed by atoms with E-state index in [2.05, 4.69) is 129 Å². The van der Waals surface area contributed by atoms with Crippen LogP contribution >= 0.6 is 22.7 Å². The van der Waals surface area contributed by atoms with E-state index in [9.17, 15) is 0 Å². The first-order valence-electron chi connectivity index (χ1n) is 19.2. The molecule has 0 saturated heterocycles. The molecule has 12 rings (SSSR count). The number of hydrogen-bond donors (Lipinski definition) is 0. The molecule has 1 aliphatic carbocycles. The molecular weight excluding hydrogens is 751 g/mol. The van der Waals surface area contributed by atoms with E-state index in [1.165, 1.54) is 37.0 Å². The summed E-state index contributed by atoms with van der Waals surface area (Å²) in [4.78, 5) is 25.9. The predicted octanol–water partition coefficient (Wildman–Crippen LogP) is 13.6. The number of hydrogen-bond acceptors (Lipinski definition) is 8. The molecule has 4 aromatic heterocycles. The average Bonchev–Trinajstić information content (AvgIpc) is 4.05. The van der Waals surface area contributed by atoms with Gasteiger partial charge >= 0.3 is 0 Å². The molecule has 1 aliphatic rings. The molecule has 0 aliphatic heterocycles. The summed E-state index contributed by atoms with van der Waals surface area (Å²) >= 11 is 3.45. The number of rotatable bonds is 5. The smallest absolute Gasteiger partial charge is 0.227 e. The van der Waals surface area contributed by atoms with E-state index < -0.39 is 0 Å². The highest BCUT2D eigenvalue weighted by Gasteiger charge is 2.35. The highest BCUT2D eigenvalue weighted by molar-refractivity contribution is 7.26. The van der Waals surface area contributed by atoms with Crippen LogP contribution in [0.25, 0.3) is 109 Å². The summed E-state index contributed by atoms with van der Waals surface area (Å²) < 4.78 is 9.91. The first kappa shape index (κ1) is 33.3. The molecule has 0 N–H and O–H groups in total. The van der Waals surface area contributed by atoms with Gasteiger partial charge in [-0.1, -0.05) is 105 Å². The fourth-order valence-electron chi connectivity index (χ4n) is 8.55. The Hall–Kier alpha value is -6.87. The standard InChI is InChI=1S/C50H31N5OS2/c1-50(2)36-15-5-3-12-32(36)33-23-22-28(27-37(33)50)45-53-46(55-47(54-45)35-14-11-21-43-44(35)34-13-4-9-19-41(34)57-43)29-24-30(48-51-38-16-6-8-18-40(38)56-48)26-31(25-29)49-52-39-17-7-10-20-42(39)58-49/h3-27H,1-2H3. The van der Waals surface area contributed by atoms with Crippen LogP contribution < -0.4 is 0 Å². The number of fused-ring (bicyclic) bond motifs is 8. The van der Waals surface area contributed by atoms with Gasteiger partial charge in [0.1, 0.15) is 10.5 Å². The van der Waals surface area contributed by atoms with E-state index in [-0.39, 0.29) is 5.41 Å². The van der Waals surface area contributed by atoms with Crippen molar-refractivity contribution in [1.82, 2.24) is 24.9 Å². The van der Waals surface area contributed by atoms with E-state index in [0.29, 0.717) is 23.4 Å². The number of oxazole rings is 1. The van der Waals surface area contributed by atoms with Crippen LogP contribution in [0.2, 0.25) is 0 Å². The lowest BCUT2D eigenvalue weighted by atomic mass is 9.82. The van der Waals surface area contributed by atoms with Crippen molar-refractivity contribution in [2.24, 2.45) is 0 Å². The van der Waals surface area contributed by atoms with Crippen LogP contribution in [0.4, 0.5) is 0 Å². The summed E-state index contributed by atoms with van der Waals surface area (Å²) in [5.74, 6) is 2.31. The Morgan fingerprint density at radius 1 is 0.448 bits per heavy atom. The fraction of sp³-hybridized carbons (Fsp3) is 0.0600. The second-order valence-corrected chi connectivity index (χ2v) is 17.4. The van der Waals surface area contributed by atoms with Crippen molar-refractivity contribution in [3.63, 3.8) is 0 Å². The first-order valence-corrected chi connectivity index (χ1v) is 20.9. The molecule has 0 spiro atoms. The first-order chi connectivity index (χ1) is 28.4. The zero-order valence-electron chi connectivity index (χ0n) is 31.4. The van der Waals surface area contributed by atoms with Crippen molar-refractivity contribution in [3.05, 3.63) is 163 Å². The third-order valence-electron chi connectivity index (χ3n) is 11.4. The molecule has 4 heterocycles. The molecule has 0 bridgehead atoms. The van der Waals surface area contributed by atoms with Crippen LogP contribution in [0.5, 0.6) is 0 Å². The molecular formula is C50H31N5OS2. The normalized spacial score (nSPS) is 13.1. The molecule has 0 amide bonds. The minimum absolute atomic E-state index is 0.179. The van der Waals surface area contributed by atoms with Gasteiger partial charge in [0.15, 0.2) is 23.1 Å². The van der Waals surface area contributed by atoms with Gasteiger partial charge in [0.2, 0.25) is 5.89 Å². The number of thiophene rings is 1. The van der Waals surface area contributed by atoms with Crippen LogP contribution in [0.1, 0.15) is 25.0 Å². The summed E-state index contributed by atoms with van der Waals surface area (Å²) in [6.45, 7) is 4.60. The maximum absolute atomic E-state index is 6.37. The maximum atomic E-state index is 6.37. The summed E-state index contributed by atoms with van der Waals surface area (Å²) in [6.07, 6.45) is 0. The Bertz CT molecular complexity index is 3310. The van der Waals surface area contributed by atoms with Gasteiger partial charge in [0.25, 0.3) is 0 Å².